The first kappa shape index (κ1) is 11.0. The van der Waals surface area contributed by atoms with E-state index in [0.717, 1.165) is 16.6 Å². The number of hydrogen-bond acceptors (Lipinski definition) is 3. The number of anilines is 1. The number of hydrogen-bond donors (Lipinski definition) is 1. The number of rotatable bonds is 3. The van der Waals surface area contributed by atoms with Crippen molar-refractivity contribution in [2.45, 2.75) is 0 Å². The molecule has 1 aromatic carbocycles. The van der Waals surface area contributed by atoms with Crippen molar-refractivity contribution in [3.05, 3.63) is 36.5 Å². The Kier molecular flexibility index (Phi) is 3.41. The average Bonchev–Trinajstić information content (AvgIpc) is 2.30. The summed E-state index contributed by atoms with van der Waals surface area (Å²) in [5.74, 6) is 0.486. The fraction of sp³-hybridized carbons (Fsp3) is 0.167. The second-order valence-corrected chi connectivity index (χ2v) is 4.22. The zero-order valence-corrected chi connectivity index (χ0v) is 9.75. The molecule has 0 bridgehead atoms. The Morgan fingerprint density at radius 1 is 1.38 bits per heavy atom. The van der Waals surface area contributed by atoms with E-state index in [1.54, 1.807) is 6.20 Å². The fourth-order valence-electron chi connectivity index (χ4n) is 1.53. The van der Waals surface area contributed by atoms with Crippen LogP contribution < -0.4 is 5.32 Å². The van der Waals surface area contributed by atoms with E-state index >= 15 is 0 Å². The van der Waals surface area contributed by atoms with Gasteiger partial charge in [-0.05, 0) is 30.5 Å². The minimum Gasteiger partial charge on any atom is -0.325 e. The van der Waals surface area contributed by atoms with Crippen LogP contribution >= 0.6 is 11.8 Å². The first-order valence-electron chi connectivity index (χ1n) is 4.94. The summed E-state index contributed by atoms with van der Waals surface area (Å²) >= 11 is 1.51. The van der Waals surface area contributed by atoms with Gasteiger partial charge in [0.2, 0.25) is 5.91 Å². The van der Waals surface area contributed by atoms with E-state index in [1.165, 1.54) is 11.8 Å². The molecule has 0 atom stereocenters. The standard InChI is InChI=1S/C12H12N2OS/c1-16-8-12(15)14-11-6-2-5-10-9(11)4-3-7-13-10/h2-7H,8H2,1H3,(H,14,15). The van der Waals surface area contributed by atoms with Crippen LogP contribution in [0.25, 0.3) is 10.9 Å². The highest BCUT2D eigenvalue weighted by Crippen LogP contribution is 2.21. The van der Waals surface area contributed by atoms with Crippen LogP contribution in [-0.4, -0.2) is 22.9 Å². The summed E-state index contributed by atoms with van der Waals surface area (Å²) in [6.07, 6.45) is 3.65. The van der Waals surface area contributed by atoms with Gasteiger partial charge in [-0.25, -0.2) is 0 Å². The molecule has 3 nitrogen and oxygen atoms in total. The first-order chi connectivity index (χ1) is 7.81. The molecule has 0 saturated heterocycles. The van der Waals surface area contributed by atoms with Gasteiger partial charge in [0.15, 0.2) is 0 Å². The molecule has 0 aliphatic rings. The van der Waals surface area contributed by atoms with Gasteiger partial charge in [-0.1, -0.05) is 6.07 Å². The number of thioether (sulfide) groups is 1. The van der Waals surface area contributed by atoms with E-state index in [1.807, 2.05) is 36.6 Å². The molecule has 0 saturated carbocycles. The monoisotopic (exact) mass is 232 g/mol. The molecule has 1 heterocycles. The van der Waals surface area contributed by atoms with Crippen molar-refractivity contribution in [2.75, 3.05) is 17.3 Å². The van der Waals surface area contributed by atoms with Crippen LogP contribution in [0.3, 0.4) is 0 Å². The van der Waals surface area contributed by atoms with Crippen molar-refractivity contribution in [1.82, 2.24) is 4.98 Å². The Hall–Kier alpha value is -1.55. The minimum atomic E-state index is 0.0175. The van der Waals surface area contributed by atoms with Crippen LogP contribution in [0.2, 0.25) is 0 Å². The van der Waals surface area contributed by atoms with Crippen LogP contribution in [0.15, 0.2) is 36.5 Å². The van der Waals surface area contributed by atoms with Gasteiger partial charge in [0.1, 0.15) is 0 Å². The number of carbonyl (C=O) groups excluding carboxylic acids is 1. The van der Waals surface area contributed by atoms with Crippen molar-refractivity contribution >= 4 is 34.3 Å². The predicted octanol–water partition coefficient (Wildman–Crippen LogP) is 2.54. The molecule has 1 aromatic heterocycles. The number of pyridine rings is 1. The second-order valence-electron chi connectivity index (χ2n) is 3.36. The smallest absolute Gasteiger partial charge is 0.234 e. The van der Waals surface area contributed by atoms with Crippen LogP contribution in [0.1, 0.15) is 0 Å². The molecule has 4 heteroatoms. The molecule has 0 aliphatic heterocycles. The Balaban J connectivity index is 2.33. The lowest BCUT2D eigenvalue weighted by Gasteiger charge is -2.07. The molecule has 1 N–H and O–H groups in total. The molecular formula is C12H12N2OS. The number of amides is 1. The zero-order valence-electron chi connectivity index (χ0n) is 8.93. The van der Waals surface area contributed by atoms with Gasteiger partial charge in [-0.3, -0.25) is 9.78 Å². The minimum absolute atomic E-state index is 0.0175. The molecule has 0 fully saturated rings. The largest absolute Gasteiger partial charge is 0.325 e. The normalized spacial score (nSPS) is 10.3. The van der Waals surface area contributed by atoms with E-state index in [-0.39, 0.29) is 5.91 Å². The summed E-state index contributed by atoms with van der Waals surface area (Å²) in [7, 11) is 0. The first-order valence-corrected chi connectivity index (χ1v) is 6.33. The molecule has 16 heavy (non-hydrogen) atoms. The number of nitrogens with zero attached hydrogens (tertiary/aromatic N) is 1. The molecule has 0 radical (unpaired) electrons. The van der Waals surface area contributed by atoms with Gasteiger partial charge in [-0.2, -0.15) is 11.8 Å². The van der Waals surface area contributed by atoms with Gasteiger partial charge >= 0.3 is 0 Å². The van der Waals surface area contributed by atoms with Crippen molar-refractivity contribution in [3.8, 4) is 0 Å². The third kappa shape index (κ3) is 2.33. The maximum absolute atomic E-state index is 11.5. The Bertz CT molecular complexity index is 508. The molecule has 2 aromatic rings. The summed E-state index contributed by atoms with van der Waals surface area (Å²) in [5.41, 5.74) is 1.72. The number of benzene rings is 1. The summed E-state index contributed by atoms with van der Waals surface area (Å²) < 4.78 is 0. The fourth-order valence-corrected chi connectivity index (χ4v) is 1.86. The van der Waals surface area contributed by atoms with E-state index in [0.29, 0.717) is 5.75 Å². The van der Waals surface area contributed by atoms with Crippen LogP contribution in [-0.2, 0) is 4.79 Å². The van der Waals surface area contributed by atoms with Crippen LogP contribution in [0.4, 0.5) is 5.69 Å². The van der Waals surface area contributed by atoms with Crippen molar-refractivity contribution in [3.63, 3.8) is 0 Å². The Morgan fingerprint density at radius 2 is 2.25 bits per heavy atom. The van der Waals surface area contributed by atoms with E-state index < -0.39 is 0 Å². The zero-order chi connectivity index (χ0) is 11.4. The molecule has 0 spiro atoms. The lowest BCUT2D eigenvalue weighted by Crippen LogP contribution is -2.13. The van der Waals surface area contributed by atoms with Crippen molar-refractivity contribution < 1.29 is 4.79 Å². The highest BCUT2D eigenvalue weighted by atomic mass is 32.2. The van der Waals surface area contributed by atoms with Crippen molar-refractivity contribution in [2.24, 2.45) is 0 Å². The van der Waals surface area contributed by atoms with E-state index in [2.05, 4.69) is 10.3 Å². The van der Waals surface area contributed by atoms with E-state index in [4.69, 9.17) is 0 Å². The van der Waals surface area contributed by atoms with Gasteiger partial charge in [-0.15, -0.1) is 0 Å². The number of aromatic nitrogens is 1. The maximum Gasteiger partial charge on any atom is 0.234 e. The number of carbonyl (C=O) groups is 1. The molecular weight excluding hydrogens is 220 g/mol. The number of nitrogens with one attached hydrogen (secondary N) is 1. The van der Waals surface area contributed by atoms with Gasteiger partial charge in [0.05, 0.1) is 17.0 Å². The Labute approximate surface area is 98.3 Å². The predicted molar refractivity (Wildman–Crippen MR) is 68.8 cm³/mol. The van der Waals surface area contributed by atoms with Gasteiger partial charge in [0.25, 0.3) is 0 Å². The van der Waals surface area contributed by atoms with Gasteiger partial charge < -0.3 is 5.32 Å². The van der Waals surface area contributed by atoms with Crippen LogP contribution in [0, 0.1) is 0 Å². The quantitative estimate of drug-likeness (QED) is 0.884. The lowest BCUT2D eigenvalue weighted by atomic mass is 10.2. The molecule has 0 aliphatic carbocycles. The molecule has 0 unspecified atom stereocenters. The summed E-state index contributed by atoms with van der Waals surface area (Å²) in [4.78, 5) is 15.7. The summed E-state index contributed by atoms with van der Waals surface area (Å²) in [6, 6.07) is 9.54. The van der Waals surface area contributed by atoms with Crippen LogP contribution in [0.5, 0.6) is 0 Å². The Morgan fingerprint density at radius 3 is 3.06 bits per heavy atom. The third-order valence-electron chi connectivity index (χ3n) is 2.20. The average molecular weight is 232 g/mol. The lowest BCUT2D eigenvalue weighted by molar-refractivity contribution is -0.113. The summed E-state index contributed by atoms with van der Waals surface area (Å²) in [5, 5.41) is 3.86. The van der Waals surface area contributed by atoms with Crippen molar-refractivity contribution in [1.29, 1.82) is 0 Å². The highest BCUT2D eigenvalue weighted by molar-refractivity contribution is 7.99. The SMILES string of the molecule is CSCC(=O)Nc1cccc2ncccc12. The topological polar surface area (TPSA) is 42.0 Å². The maximum atomic E-state index is 11.5. The second kappa shape index (κ2) is 4.99. The third-order valence-corrected chi connectivity index (χ3v) is 2.75. The molecule has 2 rings (SSSR count). The molecule has 1 amide bonds. The number of fused-ring (bicyclic) bond motifs is 1. The van der Waals surface area contributed by atoms with Gasteiger partial charge in [0, 0.05) is 11.6 Å². The summed E-state index contributed by atoms with van der Waals surface area (Å²) in [6.45, 7) is 0. The molecule has 82 valence electrons. The van der Waals surface area contributed by atoms with E-state index in [9.17, 15) is 4.79 Å². The highest BCUT2D eigenvalue weighted by Gasteiger charge is 2.04.